The molecule has 0 radical (unpaired) electrons. The lowest BCUT2D eigenvalue weighted by atomic mass is 10.1. The lowest BCUT2D eigenvalue weighted by Crippen LogP contribution is -2.30. The number of rotatable bonds is 4. The molecule has 0 fully saturated rings. The minimum atomic E-state index is -0.951. The molecule has 4 nitrogen and oxygen atoms in total. The van der Waals surface area contributed by atoms with Gasteiger partial charge >= 0.3 is 5.97 Å². The highest BCUT2D eigenvalue weighted by Crippen LogP contribution is 2.23. The van der Waals surface area contributed by atoms with Crippen LogP contribution in [0.15, 0.2) is 36.4 Å². The zero-order chi connectivity index (χ0) is 17.9. The van der Waals surface area contributed by atoms with Crippen LogP contribution in [0.5, 0.6) is 0 Å². The van der Waals surface area contributed by atoms with E-state index in [1.165, 1.54) is 25.1 Å². The molecule has 24 heavy (non-hydrogen) atoms. The van der Waals surface area contributed by atoms with Gasteiger partial charge < -0.3 is 10.1 Å². The van der Waals surface area contributed by atoms with Crippen molar-refractivity contribution in [1.29, 1.82) is 0 Å². The smallest absolute Gasteiger partial charge is 0.338 e. The number of carbonyl (C=O) groups excluding carboxylic acids is 2. The molecule has 1 amide bonds. The highest BCUT2D eigenvalue weighted by Gasteiger charge is 2.20. The van der Waals surface area contributed by atoms with Gasteiger partial charge in [0.05, 0.1) is 15.6 Å². The van der Waals surface area contributed by atoms with Gasteiger partial charge in [-0.2, -0.15) is 0 Å². The van der Waals surface area contributed by atoms with Crippen LogP contribution >= 0.6 is 23.2 Å². The fraction of sp³-hybridized carbons (Fsp3) is 0.222. The zero-order valence-electron chi connectivity index (χ0n) is 13.5. The third-order valence-electron chi connectivity index (χ3n) is 3.45. The van der Waals surface area contributed by atoms with Crippen LogP contribution in [0.1, 0.15) is 28.4 Å². The molecular weight excluding hydrogens is 349 g/mol. The lowest BCUT2D eigenvalue weighted by molar-refractivity contribution is -0.123. The Kier molecular flexibility index (Phi) is 5.86. The average Bonchev–Trinajstić information content (AvgIpc) is 2.52. The summed E-state index contributed by atoms with van der Waals surface area (Å²) in [4.78, 5) is 24.3. The van der Waals surface area contributed by atoms with Crippen molar-refractivity contribution >= 4 is 40.8 Å². The molecule has 0 spiro atoms. The summed E-state index contributed by atoms with van der Waals surface area (Å²) in [5.74, 6) is -1.05. The number of esters is 1. The van der Waals surface area contributed by atoms with Crippen LogP contribution in [0.2, 0.25) is 10.0 Å². The highest BCUT2D eigenvalue weighted by atomic mass is 35.5. The Morgan fingerprint density at radius 2 is 1.75 bits per heavy atom. The normalized spacial score (nSPS) is 11.7. The molecule has 0 aliphatic carbocycles. The van der Waals surface area contributed by atoms with E-state index < -0.39 is 18.0 Å². The number of benzene rings is 2. The number of aryl methyl sites for hydroxylation is 2. The van der Waals surface area contributed by atoms with Gasteiger partial charge in [-0.25, -0.2) is 4.79 Å². The van der Waals surface area contributed by atoms with Crippen molar-refractivity contribution in [2.45, 2.75) is 26.9 Å². The highest BCUT2D eigenvalue weighted by molar-refractivity contribution is 6.42. The predicted octanol–water partition coefficient (Wildman–Crippen LogP) is 4.79. The van der Waals surface area contributed by atoms with E-state index in [2.05, 4.69) is 5.32 Å². The quantitative estimate of drug-likeness (QED) is 0.792. The lowest BCUT2D eigenvalue weighted by Gasteiger charge is -2.15. The summed E-state index contributed by atoms with van der Waals surface area (Å²) in [6.45, 7) is 5.38. The van der Waals surface area contributed by atoms with E-state index in [4.69, 9.17) is 27.9 Å². The van der Waals surface area contributed by atoms with Gasteiger partial charge in [-0.1, -0.05) is 40.9 Å². The minimum Gasteiger partial charge on any atom is -0.449 e. The zero-order valence-corrected chi connectivity index (χ0v) is 15.0. The van der Waals surface area contributed by atoms with E-state index in [0.717, 1.165) is 11.1 Å². The Labute approximate surface area is 150 Å². The molecular formula is C18H17Cl2NO3. The molecule has 1 atom stereocenters. The third-order valence-corrected chi connectivity index (χ3v) is 4.19. The Hall–Kier alpha value is -2.04. The maximum absolute atomic E-state index is 12.2. The Morgan fingerprint density at radius 1 is 1.04 bits per heavy atom. The standard InChI is InChI=1S/C18H17Cl2NO3/c1-10-4-7-16(11(2)8-10)21-17(22)12(3)24-18(23)13-5-6-14(19)15(20)9-13/h4-9,12H,1-3H3,(H,21,22)/t12-/m0/s1. The summed E-state index contributed by atoms with van der Waals surface area (Å²) in [5.41, 5.74) is 2.95. The molecule has 0 aromatic heterocycles. The molecule has 6 heteroatoms. The first-order valence-electron chi connectivity index (χ1n) is 7.32. The van der Waals surface area contributed by atoms with Crippen molar-refractivity contribution < 1.29 is 14.3 Å². The summed E-state index contributed by atoms with van der Waals surface area (Å²) in [5, 5.41) is 3.34. The van der Waals surface area contributed by atoms with Crippen LogP contribution in [-0.2, 0) is 9.53 Å². The summed E-state index contributed by atoms with van der Waals surface area (Å²) in [7, 11) is 0. The van der Waals surface area contributed by atoms with Crippen molar-refractivity contribution in [3.63, 3.8) is 0 Å². The van der Waals surface area contributed by atoms with E-state index in [0.29, 0.717) is 10.7 Å². The van der Waals surface area contributed by atoms with Gasteiger partial charge in [0.15, 0.2) is 6.10 Å². The summed E-state index contributed by atoms with van der Waals surface area (Å²) < 4.78 is 5.18. The van der Waals surface area contributed by atoms with E-state index in [1.54, 1.807) is 0 Å². The van der Waals surface area contributed by atoms with Crippen LogP contribution < -0.4 is 5.32 Å². The fourth-order valence-corrected chi connectivity index (χ4v) is 2.39. The van der Waals surface area contributed by atoms with Crippen molar-refractivity contribution in [3.05, 3.63) is 63.1 Å². The first-order valence-corrected chi connectivity index (χ1v) is 8.07. The van der Waals surface area contributed by atoms with Crippen molar-refractivity contribution in [1.82, 2.24) is 0 Å². The number of amides is 1. The fourth-order valence-electron chi connectivity index (χ4n) is 2.09. The molecule has 0 heterocycles. The van der Waals surface area contributed by atoms with Crippen molar-refractivity contribution in [2.75, 3.05) is 5.32 Å². The average molecular weight is 366 g/mol. The minimum absolute atomic E-state index is 0.232. The maximum atomic E-state index is 12.2. The van der Waals surface area contributed by atoms with E-state index in [-0.39, 0.29) is 10.6 Å². The Bertz CT molecular complexity index is 790. The molecule has 0 aliphatic heterocycles. The van der Waals surface area contributed by atoms with Crippen LogP contribution in [0.25, 0.3) is 0 Å². The molecule has 2 aromatic carbocycles. The summed E-state index contributed by atoms with van der Waals surface area (Å²) in [6.07, 6.45) is -0.951. The van der Waals surface area contributed by atoms with Gasteiger partial charge in [-0.05, 0) is 50.6 Å². The second kappa shape index (κ2) is 7.69. The number of halogens is 2. The van der Waals surface area contributed by atoms with Crippen LogP contribution in [0.3, 0.4) is 0 Å². The summed E-state index contributed by atoms with van der Waals surface area (Å²) >= 11 is 11.7. The monoisotopic (exact) mass is 365 g/mol. The van der Waals surface area contributed by atoms with Crippen molar-refractivity contribution in [3.8, 4) is 0 Å². The van der Waals surface area contributed by atoms with Crippen LogP contribution in [0, 0.1) is 13.8 Å². The molecule has 0 saturated carbocycles. The Balaban J connectivity index is 2.02. The van der Waals surface area contributed by atoms with Gasteiger partial charge in [0.25, 0.3) is 5.91 Å². The first-order chi connectivity index (χ1) is 11.3. The molecule has 0 bridgehead atoms. The van der Waals surface area contributed by atoms with Crippen molar-refractivity contribution in [2.24, 2.45) is 0 Å². The van der Waals surface area contributed by atoms with Gasteiger partial charge in [0.1, 0.15) is 0 Å². The molecule has 2 rings (SSSR count). The Morgan fingerprint density at radius 3 is 2.38 bits per heavy atom. The van der Waals surface area contributed by atoms with Crippen LogP contribution in [-0.4, -0.2) is 18.0 Å². The molecule has 2 aromatic rings. The number of carbonyl (C=O) groups is 2. The van der Waals surface area contributed by atoms with E-state index in [9.17, 15) is 9.59 Å². The third kappa shape index (κ3) is 4.49. The summed E-state index contributed by atoms with van der Waals surface area (Å²) in [6, 6.07) is 10.1. The molecule has 126 valence electrons. The number of anilines is 1. The maximum Gasteiger partial charge on any atom is 0.338 e. The van der Waals surface area contributed by atoms with E-state index in [1.807, 2.05) is 32.0 Å². The van der Waals surface area contributed by atoms with E-state index >= 15 is 0 Å². The number of hydrogen-bond donors (Lipinski definition) is 1. The second-order valence-electron chi connectivity index (χ2n) is 5.48. The number of hydrogen-bond acceptors (Lipinski definition) is 3. The largest absolute Gasteiger partial charge is 0.449 e. The molecule has 1 N–H and O–H groups in total. The van der Waals surface area contributed by atoms with Crippen LogP contribution in [0.4, 0.5) is 5.69 Å². The second-order valence-corrected chi connectivity index (χ2v) is 6.30. The SMILES string of the molecule is Cc1ccc(NC(=O)[C@H](C)OC(=O)c2ccc(Cl)c(Cl)c2)c(C)c1. The molecule has 0 saturated heterocycles. The molecule has 0 unspecified atom stereocenters. The van der Waals surface area contributed by atoms with Gasteiger partial charge in [0, 0.05) is 5.69 Å². The number of ether oxygens (including phenoxy) is 1. The van der Waals surface area contributed by atoms with Gasteiger partial charge in [-0.3, -0.25) is 4.79 Å². The predicted molar refractivity (Wildman–Crippen MR) is 95.9 cm³/mol. The van der Waals surface area contributed by atoms with Gasteiger partial charge in [0.2, 0.25) is 0 Å². The molecule has 0 aliphatic rings. The first kappa shape index (κ1) is 18.3. The van der Waals surface area contributed by atoms with Gasteiger partial charge in [-0.15, -0.1) is 0 Å². The number of nitrogens with one attached hydrogen (secondary N) is 1. The topological polar surface area (TPSA) is 55.4 Å².